The molecule has 0 radical (unpaired) electrons. The van der Waals surface area contributed by atoms with Gasteiger partial charge in [0, 0.05) is 17.5 Å². The summed E-state index contributed by atoms with van der Waals surface area (Å²) in [6.07, 6.45) is 1.13. The van der Waals surface area contributed by atoms with E-state index in [0.717, 1.165) is 10.2 Å². The zero-order chi connectivity index (χ0) is 10.6. The second-order valence-electron chi connectivity index (χ2n) is 3.41. The van der Waals surface area contributed by atoms with E-state index in [9.17, 15) is 0 Å². The molecule has 0 aliphatic heterocycles. The second kappa shape index (κ2) is 5.85. The third-order valence-electron chi connectivity index (χ3n) is 2.27. The molecule has 0 saturated heterocycles. The Morgan fingerprint density at radius 1 is 1.57 bits per heavy atom. The quantitative estimate of drug-likeness (QED) is 0.868. The molecule has 3 N–H and O–H groups in total. The minimum atomic E-state index is 0.293. The van der Waals surface area contributed by atoms with Crippen LogP contribution in [0, 0.1) is 0 Å². The molecule has 0 saturated carbocycles. The molecule has 0 amide bonds. The molecule has 14 heavy (non-hydrogen) atoms. The molecule has 0 bridgehead atoms. The average Bonchev–Trinajstić information content (AvgIpc) is 2.60. The van der Waals surface area contributed by atoms with E-state index in [0.29, 0.717) is 18.6 Å². The predicted molar refractivity (Wildman–Crippen MR) is 66.7 cm³/mol. The number of thiophene rings is 1. The summed E-state index contributed by atoms with van der Waals surface area (Å²) in [7, 11) is 0. The van der Waals surface area contributed by atoms with Gasteiger partial charge in [-0.15, -0.1) is 11.3 Å². The van der Waals surface area contributed by atoms with Crippen molar-refractivity contribution < 1.29 is 0 Å². The number of nitrogens with two attached hydrogens (primary N) is 1. The van der Waals surface area contributed by atoms with E-state index in [4.69, 9.17) is 5.73 Å². The number of halogens is 1. The fourth-order valence-electron chi connectivity index (χ4n) is 1.24. The molecule has 1 rings (SSSR count). The van der Waals surface area contributed by atoms with Crippen LogP contribution in [0.5, 0.6) is 0 Å². The Labute approximate surface area is 98.0 Å². The Morgan fingerprint density at radius 2 is 2.29 bits per heavy atom. The highest BCUT2D eigenvalue weighted by Gasteiger charge is 2.13. The Bertz CT molecular complexity index is 275. The first-order valence-electron chi connectivity index (χ1n) is 4.88. The summed E-state index contributed by atoms with van der Waals surface area (Å²) in [5, 5.41) is 3.51. The Balaban J connectivity index is 2.62. The number of rotatable bonds is 5. The molecule has 2 atom stereocenters. The molecule has 1 aromatic rings. The zero-order valence-electron chi connectivity index (χ0n) is 8.59. The Kier molecular flexibility index (Phi) is 5.09. The lowest BCUT2D eigenvalue weighted by atomic mass is 10.2. The predicted octanol–water partition coefficient (Wildman–Crippen LogP) is 2.90. The van der Waals surface area contributed by atoms with Crippen molar-refractivity contribution in [1.82, 2.24) is 5.32 Å². The summed E-state index contributed by atoms with van der Waals surface area (Å²) < 4.78 is 1.16. The molecule has 0 aliphatic rings. The highest BCUT2D eigenvalue weighted by Crippen LogP contribution is 2.27. The van der Waals surface area contributed by atoms with Gasteiger partial charge in [-0.25, -0.2) is 0 Å². The second-order valence-corrected chi connectivity index (χ2v) is 5.90. The number of hydrogen-bond acceptors (Lipinski definition) is 3. The average molecular weight is 277 g/mol. The lowest BCUT2D eigenvalue weighted by Crippen LogP contribution is -2.34. The van der Waals surface area contributed by atoms with Crippen LogP contribution in [-0.2, 0) is 0 Å². The van der Waals surface area contributed by atoms with Gasteiger partial charge in [-0.2, -0.15) is 0 Å². The third kappa shape index (κ3) is 3.35. The van der Waals surface area contributed by atoms with Crippen molar-refractivity contribution >= 4 is 27.3 Å². The Morgan fingerprint density at radius 3 is 2.71 bits per heavy atom. The zero-order valence-corrected chi connectivity index (χ0v) is 11.0. The highest BCUT2D eigenvalue weighted by molar-refractivity contribution is 9.11. The number of hydrogen-bond donors (Lipinski definition) is 2. The molecule has 0 fully saturated rings. The van der Waals surface area contributed by atoms with Crippen LogP contribution in [0.2, 0.25) is 0 Å². The summed E-state index contributed by atoms with van der Waals surface area (Å²) in [4.78, 5) is 1.31. The van der Waals surface area contributed by atoms with Crippen LogP contribution in [0.1, 0.15) is 31.2 Å². The van der Waals surface area contributed by atoms with Gasteiger partial charge >= 0.3 is 0 Å². The largest absolute Gasteiger partial charge is 0.329 e. The van der Waals surface area contributed by atoms with Gasteiger partial charge in [0.15, 0.2) is 0 Å². The molecule has 4 heteroatoms. The van der Waals surface area contributed by atoms with E-state index >= 15 is 0 Å². The highest BCUT2D eigenvalue weighted by atomic mass is 79.9. The summed E-state index contributed by atoms with van der Waals surface area (Å²) >= 11 is 5.21. The van der Waals surface area contributed by atoms with Crippen molar-refractivity contribution in [1.29, 1.82) is 0 Å². The summed E-state index contributed by atoms with van der Waals surface area (Å²) in [6.45, 7) is 5.01. The van der Waals surface area contributed by atoms with Crippen LogP contribution in [0.15, 0.2) is 15.9 Å². The standard InChI is InChI=1S/C10H17BrN2S/c1-3-7(2)13-8(6-12)9-4-5-10(11)14-9/h4-5,7-8,13H,3,6,12H2,1-2H3. The first-order chi connectivity index (χ1) is 6.67. The lowest BCUT2D eigenvalue weighted by Gasteiger charge is -2.19. The maximum Gasteiger partial charge on any atom is 0.0702 e. The molecule has 1 heterocycles. The SMILES string of the molecule is CCC(C)NC(CN)c1ccc(Br)s1. The van der Waals surface area contributed by atoms with Gasteiger partial charge in [-0.1, -0.05) is 6.92 Å². The summed E-state index contributed by atoms with van der Waals surface area (Å²) in [6, 6.07) is 5.01. The Hall–Kier alpha value is 0.1000. The van der Waals surface area contributed by atoms with Crippen LogP contribution in [0.25, 0.3) is 0 Å². The van der Waals surface area contributed by atoms with Crippen molar-refractivity contribution in [3.63, 3.8) is 0 Å². The minimum Gasteiger partial charge on any atom is -0.329 e. The molecular weight excluding hydrogens is 260 g/mol. The van der Waals surface area contributed by atoms with Gasteiger partial charge in [-0.3, -0.25) is 0 Å². The van der Waals surface area contributed by atoms with Crippen molar-refractivity contribution in [2.45, 2.75) is 32.4 Å². The van der Waals surface area contributed by atoms with Crippen molar-refractivity contribution in [3.05, 3.63) is 20.8 Å². The van der Waals surface area contributed by atoms with Crippen LogP contribution in [0.4, 0.5) is 0 Å². The van der Waals surface area contributed by atoms with E-state index in [1.807, 2.05) is 0 Å². The molecule has 0 spiro atoms. The first kappa shape index (κ1) is 12.2. The third-order valence-corrected chi connectivity index (χ3v) is 4.01. The van der Waals surface area contributed by atoms with E-state index in [1.165, 1.54) is 4.88 Å². The van der Waals surface area contributed by atoms with Crippen molar-refractivity contribution in [2.24, 2.45) is 5.73 Å². The number of nitrogens with one attached hydrogen (secondary N) is 1. The van der Waals surface area contributed by atoms with E-state index in [1.54, 1.807) is 11.3 Å². The van der Waals surface area contributed by atoms with Gasteiger partial charge in [-0.05, 0) is 41.4 Å². The molecule has 80 valence electrons. The van der Waals surface area contributed by atoms with Gasteiger partial charge in [0.05, 0.1) is 9.83 Å². The van der Waals surface area contributed by atoms with Crippen LogP contribution < -0.4 is 11.1 Å². The summed E-state index contributed by atoms with van der Waals surface area (Å²) in [5.41, 5.74) is 5.75. The van der Waals surface area contributed by atoms with E-state index in [-0.39, 0.29) is 0 Å². The van der Waals surface area contributed by atoms with Crippen LogP contribution >= 0.6 is 27.3 Å². The fourth-order valence-corrected chi connectivity index (χ4v) is 2.74. The van der Waals surface area contributed by atoms with Gasteiger partial charge < -0.3 is 11.1 Å². The normalized spacial score (nSPS) is 15.4. The van der Waals surface area contributed by atoms with Crippen LogP contribution in [-0.4, -0.2) is 12.6 Å². The maximum absolute atomic E-state index is 5.75. The lowest BCUT2D eigenvalue weighted by molar-refractivity contribution is 0.456. The molecular formula is C10H17BrN2S. The van der Waals surface area contributed by atoms with Gasteiger partial charge in [0.25, 0.3) is 0 Å². The molecule has 0 aromatic carbocycles. The van der Waals surface area contributed by atoms with Gasteiger partial charge in [0.2, 0.25) is 0 Å². The molecule has 2 nitrogen and oxygen atoms in total. The van der Waals surface area contributed by atoms with E-state index in [2.05, 4.69) is 47.2 Å². The van der Waals surface area contributed by atoms with E-state index < -0.39 is 0 Å². The minimum absolute atomic E-state index is 0.293. The fraction of sp³-hybridized carbons (Fsp3) is 0.600. The topological polar surface area (TPSA) is 38.0 Å². The van der Waals surface area contributed by atoms with Gasteiger partial charge in [0.1, 0.15) is 0 Å². The monoisotopic (exact) mass is 276 g/mol. The van der Waals surface area contributed by atoms with Crippen molar-refractivity contribution in [3.8, 4) is 0 Å². The van der Waals surface area contributed by atoms with Crippen molar-refractivity contribution in [2.75, 3.05) is 6.54 Å². The molecule has 1 aromatic heterocycles. The van der Waals surface area contributed by atoms with Crippen LogP contribution in [0.3, 0.4) is 0 Å². The smallest absolute Gasteiger partial charge is 0.0702 e. The molecule has 0 aliphatic carbocycles. The maximum atomic E-state index is 5.75. The first-order valence-corrected chi connectivity index (χ1v) is 6.49. The molecule has 2 unspecified atom stereocenters. The summed E-state index contributed by atoms with van der Waals surface area (Å²) in [5.74, 6) is 0.